The van der Waals surface area contributed by atoms with Gasteiger partial charge in [-0.25, -0.2) is 0 Å². The van der Waals surface area contributed by atoms with E-state index in [4.69, 9.17) is 14.2 Å². The molecule has 212 valence electrons. The molecule has 4 aromatic rings. The largest absolute Gasteiger partial charge is 0.489 e. The van der Waals surface area contributed by atoms with Crippen molar-refractivity contribution in [2.45, 2.75) is 38.6 Å². The molecule has 1 aliphatic carbocycles. The van der Waals surface area contributed by atoms with E-state index in [1.807, 2.05) is 36.1 Å². The van der Waals surface area contributed by atoms with Crippen molar-refractivity contribution < 1.29 is 14.2 Å². The van der Waals surface area contributed by atoms with E-state index in [0.717, 1.165) is 44.5 Å². The van der Waals surface area contributed by atoms with Gasteiger partial charge in [0.2, 0.25) is 0 Å². The Hall–Kier alpha value is -3.87. The fourth-order valence-electron chi connectivity index (χ4n) is 6.40. The third-order valence-corrected chi connectivity index (χ3v) is 8.58. The molecular weight excluding hydrogens is 510 g/mol. The predicted molar refractivity (Wildman–Crippen MR) is 164 cm³/mol. The summed E-state index contributed by atoms with van der Waals surface area (Å²) in [6.07, 6.45) is 5.82. The summed E-state index contributed by atoms with van der Waals surface area (Å²) in [7, 11) is 5.49. The molecule has 0 atom stereocenters. The minimum Gasteiger partial charge on any atom is -0.489 e. The molecule has 0 saturated carbocycles. The van der Waals surface area contributed by atoms with Gasteiger partial charge in [0, 0.05) is 52.2 Å². The van der Waals surface area contributed by atoms with Crippen molar-refractivity contribution in [1.82, 2.24) is 9.78 Å². The van der Waals surface area contributed by atoms with Crippen LogP contribution in [-0.4, -0.2) is 43.4 Å². The first-order valence-corrected chi connectivity index (χ1v) is 14.6. The van der Waals surface area contributed by atoms with E-state index in [1.165, 1.54) is 44.8 Å². The number of fused-ring (bicyclic) bond motifs is 1. The molecule has 6 nitrogen and oxygen atoms in total. The lowest BCUT2D eigenvalue weighted by atomic mass is 9.81. The summed E-state index contributed by atoms with van der Waals surface area (Å²) in [5.74, 6) is 1.35. The van der Waals surface area contributed by atoms with Gasteiger partial charge in [-0.15, -0.1) is 0 Å². The summed E-state index contributed by atoms with van der Waals surface area (Å²) in [6, 6.07) is 28.2. The second-order valence-corrected chi connectivity index (χ2v) is 11.0. The average molecular weight is 550 g/mol. The quantitative estimate of drug-likeness (QED) is 0.217. The Bertz CT molecular complexity index is 1480. The van der Waals surface area contributed by atoms with Gasteiger partial charge in [-0.2, -0.15) is 5.10 Å². The minimum atomic E-state index is -0.118. The fraction of sp³-hybridized carbons (Fsp3) is 0.343. The van der Waals surface area contributed by atoms with Gasteiger partial charge in [-0.3, -0.25) is 4.68 Å². The van der Waals surface area contributed by atoms with Gasteiger partial charge in [0.25, 0.3) is 0 Å². The Morgan fingerprint density at radius 3 is 2.32 bits per heavy atom. The molecule has 0 amide bonds. The average Bonchev–Trinajstić information content (AvgIpc) is 3.46. The van der Waals surface area contributed by atoms with Crippen molar-refractivity contribution in [3.05, 3.63) is 113 Å². The first-order chi connectivity index (χ1) is 20.1. The molecule has 2 heterocycles. The van der Waals surface area contributed by atoms with Crippen LogP contribution in [0.2, 0.25) is 0 Å². The third kappa shape index (κ3) is 5.81. The lowest BCUT2D eigenvalue weighted by molar-refractivity contribution is -0.141. The maximum absolute atomic E-state index is 6.19. The van der Waals surface area contributed by atoms with Crippen LogP contribution in [0.15, 0.2) is 85.1 Å². The molecule has 1 fully saturated rings. The van der Waals surface area contributed by atoms with Crippen LogP contribution in [0, 0.1) is 5.92 Å². The number of piperidine rings is 1. The van der Waals surface area contributed by atoms with Crippen molar-refractivity contribution in [2.75, 3.05) is 32.2 Å². The Balaban J connectivity index is 1.27. The van der Waals surface area contributed by atoms with Gasteiger partial charge in [0.1, 0.15) is 12.4 Å². The molecule has 0 unspecified atom stereocenters. The van der Waals surface area contributed by atoms with E-state index in [9.17, 15) is 0 Å². The molecule has 0 spiro atoms. The Morgan fingerprint density at radius 2 is 1.63 bits per heavy atom. The zero-order valence-corrected chi connectivity index (χ0v) is 24.3. The molecule has 1 saturated heterocycles. The number of ether oxygens (including phenoxy) is 3. The summed E-state index contributed by atoms with van der Waals surface area (Å²) in [5, 5.41) is 4.49. The summed E-state index contributed by atoms with van der Waals surface area (Å²) < 4.78 is 19.2. The van der Waals surface area contributed by atoms with Gasteiger partial charge >= 0.3 is 0 Å². The van der Waals surface area contributed by atoms with E-state index in [1.54, 1.807) is 14.2 Å². The van der Waals surface area contributed by atoms with Crippen molar-refractivity contribution in [3.8, 4) is 5.75 Å². The van der Waals surface area contributed by atoms with Crippen molar-refractivity contribution in [3.63, 3.8) is 0 Å². The summed E-state index contributed by atoms with van der Waals surface area (Å²) >= 11 is 0. The van der Waals surface area contributed by atoms with Gasteiger partial charge in [-0.05, 0) is 89.4 Å². The number of benzene rings is 3. The highest BCUT2D eigenvalue weighted by Crippen LogP contribution is 2.42. The van der Waals surface area contributed by atoms with Crippen LogP contribution in [-0.2, 0) is 29.5 Å². The summed E-state index contributed by atoms with van der Waals surface area (Å²) in [4.78, 5) is 2.48. The lowest BCUT2D eigenvalue weighted by Gasteiger charge is -2.36. The van der Waals surface area contributed by atoms with Gasteiger partial charge < -0.3 is 19.1 Å². The molecule has 6 rings (SSSR count). The first kappa shape index (κ1) is 27.3. The predicted octanol–water partition coefficient (Wildman–Crippen LogP) is 6.74. The standard InChI is InChI=1S/C35H39N3O3/c1-37-33(17-20-36-37)32-15-11-28-23-30(41-24-25-7-5-4-6-8-25)14-16-31(28)34(32)26-9-12-29(13-10-26)38-21-18-27(19-22-38)35(39-2)40-3/h4-10,12-14,16-17,20,23,27,35H,11,15,18-19,21-22,24H2,1-3H3. The smallest absolute Gasteiger partial charge is 0.159 e. The van der Waals surface area contributed by atoms with Crippen LogP contribution in [0.5, 0.6) is 5.75 Å². The van der Waals surface area contributed by atoms with Gasteiger partial charge in [0.15, 0.2) is 6.29 Å². The molecule has 1 aliphatic heterocycles. The van der Waals surface area contributed by atoms with Crippen LogP contribution in [0.4, 0.5) is 5.69 Å². The van der Waals surface area contributed by atoms with Crippen LogP contribution >= 0.6 is 0 Å². The van der Waals surface area contributed by atoms with Crippen molar-refractivity contribution in [2.24, 2.45) is 13.0 Å². The minimum absolute atomic E-state index is 0.118. The van der Waals surface area contributed by atoms with E-state index < -0.39 is 0 Å². The van der Waals surface area contributed by atoms with Crippen LogP contribution in [0.1, 0.15) is 47.2 Å². The second-order valence-electron chi connectivity index (χ2n) is 11.0. The number of hydrogen-bond donors (Lipinski definition) is 0. The number of methoxy groups -OCH3 is 2. The van der Waals surface area contributed by atoms with E-state index in [-0.39, 0.29) is 6.29 Å². The van der Waals surface area contributed by atoms with Gasteiger partial charge in [-0.1, -0.05) is 48.5 Å². The number of nitrogens with zero attached hydrogens (tertiary/aromatic N) is 3. The number of hydrogen-bond acceptors (Lipinski definition) is 5. The fourth-order valence-corrected chi connectivity index (χ4v) is 6.40. The monoisotopic (exact) mass is 549 g/mol. The lowest BCUT2D eigenvalue weighted by Crippen LogP contribution is -2.39. The molecule has 2 aliphatic rings. The second kappa shape index (κ2) is 12.3. The van der Waals surface area contributed by atoms with Crippen molar-refractivity contribution in [1.29, 1.82) is 0 Å². The number of anilines is 1. The molecule has 0 N–H and O–H groups in total. The first-order valence-electron chi connectivity index (χ1n) is 14.6. The van der Waals surface area contributed by atoms with Crippen molar-refractivity contribution >= 4 is 16.8 Å². The highest BCUT2D eigenvalue weighted by atomic mass is 16.7. The van der Waals surface area contributed by atoms with Crippen LogP contribution in [0.25, 0.3) is 11.1 Å². The highest BCUT2D eigenvalue weighted by molar-refractivity contribution is 6.00. The Labute approximate surface area is 243 Å². The maximum Gasteiger partial charge on any atom is 0.159 e. The highest BCUT2D eigenvalue weighted by Gasteiger charge is 2.27. The molecule has 3 aromatic carbocycles. The Morgan fingerprint density at radius 1 is 0.878 bits per heavy atom. The Kier molecular flexibility index (Phi) is 8.21. The number of aromatic nitrogens is 2. The summed E-state index contributed by atoms with van der Waals surface area (Å²) in [6.45, 7) is 2.58. The SMILES string of the molecule is COC(OC)C1CCN(c2ccc(C3=C(c4ccnn4C)CCc4cc(OCc5ccccc5)ccc43)cc2)CC1. The molecular formula is C35H39N3O3. The van der Waals surface area contributed by atoms with Crippen LogP contribution in [0.3, 0.4) is 0 Å². The number of allylic oxidation sites excluding steroid dienone is 1. The van der Waals surface area contributed by atoms with E-state index in [0.29, 0.717) is 12.5 Å². The summed E-state index contributed by atoms with van der Waals surface area (Å²) in [5.41, 5.74) is 10.1. The van der Waals surface area contributed by atoms with E-state index in [2.05, 4.69) is 70.7 Å². The van der Waals surface area contributed by atoms with Gasteiger partial charge in [0.05, 0.1) is 5.69 Å². The molecule has 1 aromatic heterocycles. The topological polar surface area (TPSA) is 48.8 Å². The van der Waals surface area contributed by atoms with Crippen LogP contribution < -0.4 is 9.64 Å². The molecule has 41 heavy (non-hydrogen) atoms. The maximum atomic E-state index is 6.19. The van der Waals surface area contributed by atoms with E-state index >= 15 is 0 Å². The number of rotatable bonds is 9. The zero-order chi connectivity index (χ0) is 28.2. The normalized spacial score (nSPS) is 15.9. The zero-order valence-electron chi connectivity index (χ0n) is 24.3. The molecule has 0 bridgehead atoms. The number of aryl methyl sites for hydroxylation is 2. The third-order valence-electron chi connectivity index (χ3n) is 8.58. The molecule has 6 heteroatoms. The molecule has 0 radical (unpaired) electrons.